The minimum Gasteiger partial charge on any atom is -0.396 e. The summed E-state index contributed by atoms with van der Waals surface area (Å²) in [4.78, 5) is 12.1. The number of carbonyl (C=O) groups excluding carboxylic acids is 1. The van der Waals surface area contributed by atoms with Gasteiger partial charge in [-0.05, 0) is 38.6 Å². The second-order valence-corrected chi connectivity index (χ2v) is 5.20. The molecule has 1 heterocycles. The Bertz CT molecular complexity index is 235. The van der Waals surface area contributed by atoms with E-state index in [1.165, 1.54) is 0 Å². The first-order chi connectivity index (χ1) is 7.49. The van der Waals surface area contributed by atoms with Crippen molar-refractivity contribution in [2.45, 2.75) is 51.6 Å². The molecule has 4 nitrogen and oxygen atoms in total. The summed E-state index contributed by atoms with van der Waals surface area (Å²) in [7, 11) is 0. The summed E-state index contributed by atoms with van der Waals surface area (Å²) in [5.74, 6) is 0.415. The summed E-state index contributed by atoms with van der Waals surface area (Å²) in [6.45, 7) is 7.10. The SMILES string of the molecule is CC(C)C(CCO)NC(=O)C1(C)CCCN1. The third kappa shape index (κ3) is 3.19. The van der Waals surface area contributed by atoms with Crippen molar-refractivity contribution in [3.63, 3.8) is 0 Å². The lowest BCUT2D eigenvalue weighted by molar-refractivity contribution is -0.127. The van der Waals surface area contributed by atoms with E-state index >= 15 is 0 Å². The van der Waals surface area contributed by atoms with Crippen LogP contribution in [-0.4, -0.2) is 35.7 Å². The standard InChI is InChI=1S/C12H24N2O2/c1-9(2)10(5-8-15)14-11(16)12(3)6-4-7-13-12/h9-10,13,15H,4-8H2,1-3H3,(H,14,16). The molecule has 1 rings (SSSR count). The minimum absolute atomic E-state index is 0.0664. The van der Waals surface area contributed by atoms with Crippen LogP contribution in [0.25, 0.3) is 0 Å². The highest BCUT2D eigenvalue weighted by Gasteiger charge is 2.36. The highest BCUT2D eigenvalue weighted by atomic mass is 16.3. The van der Waals surface area contributed by atoms with Gasteiger partial charge in [0, 0.05) is 12.6 Å². The molecular formula is C12H24N2O2. The second kappa shape index (κ2) is 5.64. The third-order valence-electron chi connectivity index (χ3n) is 3.43. The molecule has 4 heteroatoms. The van der Waals surface area contributed by atoms with Crippen LogP contribution in [0.5, 0.6) is 0 Å². The van der Waals surface area contributed by atoms with Crippen LogP contribution >= 0.6 is 0 Å². The van der Waals surface area contributed by atoms with Gasteiger partial charge in [-0.1, -0.05) is 13.8 Å². The molecule has 1 aliphatic rings. The fourth-order valence-corrected chi connectivity index (χ4v) is 2.13. The predicted molar refractivity (Wildman–Crippen MR) is 64.1 cm³/mol. The lowest BCUT2D eigenvalue weighted by Gasteiger charge is -2.28. The summed E-state index contributed by atoms with van der Waals surface area (Å²) in [6, 6.07) is 0.0664. The van der Waals surface area contributed by atoms with Crippen molar-refractivity contribution in [2.75, 3.05) is 13.2 Å². The van der Waals surface area contributed by atoms with Crippen LogP contribution in [0.2, 0.25) is 0 Å². The molecule has 1 fully saturated rings. The molecule has 1 saturated heterocycles. The average molecular weight is 228 g/mol. The Kier molecular flexibility index (Phi) is 4.74. The van der Waals surface area contributed by atoms with Crippen LogP contribution < -0.4 is 10.6 Å². The fourth-order valence-electron chi connectivity index (χ4n) is 2.13. The maximum Gasteiger partial charge on any atom is 0.240 e. The third-order valence-corrected chi connectivity index (χ3v) is 3.43. The molecule has 0 bridgehead atoms. The van der Waals surface area contributed by atoms with Crippen molar-refractivity contribution in [1.82, 2.24) is 10.6 Å². The normalized spacial score (nSPS) is 27.1. The number of aliphatic hydroxyl groups is 1. The van der Waals surface area contributed by atoms with E-state index in [-0.39, 0.29) is 18.6 Å². The zero-order valence-corrected chi connectivity index (χ0v) is 10.5. The minimum atomic E-state index is -0.414. The molecule has 0 aromatic heterocycles. The van der Waals surface area contributed by atoms with Crippen molar-refractivity contribution in [3.8, 4) is 0 Å². The van der Waals surface area contributed by atoms with Crippen LogP contribution in [0.15, 0.2) is 0 Å². The molecule has 0 radical (unpaired) electrons. The maximum atomic E-state index is 12.1. The molecule has 1 amide bonds. The van der Waals surface area contributed by atoms with E-state index in [9.17, 15) is 4.79 Å². The second-order valence-electron chi connectivity index (χ2n) is 5.20. The fraction of sp³-hybridized carbons (Fsp3) is 0.917. The number of nitrogens with one attached hydrogen (secondary N) is 2. The smallest absolute Gasteiger partial charge is 0.240 e. The Balaban J connectivity index is 2.53. The number of carbonyl (C=O) groups is 1. The number of hydrogen-bond acceptors (Lipinski definition) is 3. The number of hydrogen-bond donors (Lipinski definition) is 3. The van der Waals surface area contributed by atoms with E-state index in [1.54, 1.807) is 0 Å². The van der Waals surface area contributed by atoms with Crippen LogP contribution in [0, 0.1) is 5.92 Å². The highest BCUT2D eigenvalue weighted by molar-refractivity contribution is 5.86. The summed E-state index contributed by atoms with van der Waals surface area (Å²) in [5, 5.41) is 15.2. The van der Waals surface area contributed by atoms with Gasteiger partial charge in [-0.3, -0.25) is 4.79 Å². The van der Waals surface area contributed by atoms with Gasteiger partial charge in [0.1, 0.15) is 0 Å². The maximum absolute atomic E-state index is 12.1. The molecule has 0 aliphatic carbocycles. The average Bonchev–Trinajstić information content (AvgIpc) is 2.65. The van der Waals surface area contributed by atoms with Gasteiger partial charge in [-0.25, -0.2) is 0 Å². The van der Waals surface area contributed by atoms with E-state index in [2.05, 4.69) is 24.5 Å². The van der Waals surface area contributed by atoms with Crippen LogP contribution in [0.3, 0.4) is 0 Å². The summed E-state index contributed by atoms with van der Waals surface area (Å²) >= 11 is 0. The largest absolute Gasteiger partial charge is 0.396 e. The lowest BCUT2D eigenvalue weighted by atomic mass is 9.96. The number of rotatable bonds is 5. The van der Waals surface area contributed by atoms with Gasteiger partial charge < -0.3 is 15.7 Å². The molecule has 0 aromatic rings. The first kappa shape index (κ1) is 13.5. The quantitative estimate of drug-likeness (QED) is 0.647. The Morgan fingerprint density at radius 1 is 1.56 bits per heavy atom. The van der Waals surface area contributed by atoms with Crippen molar-refractivity contribution in [3.05, 3.63) is 0 Å². The number of amides is 1. The molecule has 3 N–H and O–H groups in total. The molecule has 2 atom stereocenters. The zero-order valence-electron chi connectivity index (χ0n) is 10.5. The van der Waals surface area contributed by atoms with E-state index < -0.39 is 5.54 Å². The van der Waals surface area contributed by atoms with E-state index in [4.69, 9.17) is 5.11 Å². The van der Waals surface area contributed by atoms with E-state index in [0.717, 1.165) is 19.4 Å². The predicted octanol–water partition coefficient (Wildman–Crippen LogP) is 0.652. The van der Waals surface area contributed by atoms with Gasteiger partial charge in [0.05, 0.1) is 5.54 Å². The molecule has 0 saturated carbocycles. The zero-order chi connectivity index (χ0) is 12.2. The van der Waals surface area contributed by atoms with Gasteiger partial charge in [0.2, 0.25) is 5.91 Å². The molecule has 2 unspecified atom stereocenters. The van der Waals surface area contributed by atoms with Crippen molar-refractivity contribution >= 4 is 5.91 Å². The van der Waals surface area contributed by atoms with Gasteiger partial charge in [0.25, 0.3) is 0 Å². The van der Waals surface area contributed by atoms with Gasteiger partial charge in [-0.2, -0.15) is 0 Å². The Morgan fingerprint density at radius 3 is 2.69 bits per heavy atom. The lowest BCUT2D eigenvalue weighted by Crippen LogP contribution is -2.54. The molecule has 16 heavy (non-hydrogen) atoms. The van der Waals surface area contributed by atoms with Crippen molar-refractivity contribution in [2.24, 2.45) is 5.92 Å². The van der Waals surface area contributed by atoms with Gasteiger partial charge in [-0.15, -0.1) is 0 Å². The Labute approximate surface area is 97.8 Å². The molecule has 1 aliphatic heterocycles. The first-order valence-electron chi connectivity index (χ1n) is 6.16. The van der Waals surface area contributed by atoms with Crippen LogP contribution in [0.1, 0.15) is 40.0 Å². The number of aliphatic hydroxyl groups excluding tert-OH is 1. The molecule has 0 aromatic carbocycles. The van der Waals surface area contributed by atoms with Crippen LogP contribution in [-0.2, 0) is 4.79 Å². The van der Waals surface area contributed by atoms with Gasteiger partial charge >= 0.3 is 0 Å². The molecular weight excluding hydrogens is 204 g/mol. The molecule has 0 spiro atoms. The van der Waals surface area contributed by atoms with E-state index in [0.29, 0.717) is 12.3 Å². The van der Waals surface area contributed by atoms with Crippen molar-refractivity contribution < 1.29 is 9.90 Å². The van der Waals surface area contributed by atoms with Crippen LogP contribution in [0.4, 0.5) is 0 Å². The Hall–Kier alpha value is -0.610. The summed E-state index contributed by atoms with van der Waals surface area (Å²) in [5.41, 5.74) is -0.414. The monoisotopic (exact) mass is 228 g/mol. The van der Waals surface area contributed by atoms with E-state index in [1.807, 2.05) is 6.92 Å². The topological polar surface area (TPSA) is 61.4 Å². The first-order valence-corrected chi connectivity index (χ1v) is 6.16. The van der Waals surface area contributed by atoms with Crippen molar-refractivity contribution in [1.29, 1.82) is 0 Å². The highest BCUT2D eigenvalue weighted by Crippen LogP contribution is 2.19. The summed E-state index contributed by atoms with van der Waals surface area (Å²) < 4.78 is 0. The molecule has 94 valence electrons. The van der Waals surface area contributed by atoms with Gasteiger partial charge in [0.15, 0.2) is 0 Å². The summed E-state index contributed by atoms with van der Waals surface area (Å²) in [6.07, 6.45) is 2.57. The Morgan fingerprint density at radius 2 is 2.25 bits per heavy atom.